The standard InChI is InChI=1S/C24H22N2O4S/c1-3-30-21-13-8-15-6-4-5-7-18(15)19(21)14-20-22(27)25-24(31)26(23(20)28)16-9-11-17(29-2)12-10-16/h4-13,28H,3,14H2,1-2H3,(H,25,27,31). The number of aromatic amines is 1. The van der Waals surface area contributed by atoms with E-state index in [1.54, 1.807) is 31.4 Å². The van der Waals surface area contributed by atoms with Crippen molar-refractivity contribution in [1.82, 2.24) is 9.55 Å². The molecule has 0 fully saturated rings. The minimum atomic E-state index is -0.428. The summed E-state index contributed by atoms with van der Waals surface area (Å²) >= 11 is 5.33. The van der Waals surface area contributed by atoms with Gasteiger partial charge in [-0.25, -0.2) is 0 Å². The number of aromatic nitrogens is 2. The van der Waals surface area contributed by atoms with Crippen LogP contribution < -0.4 is 15.0 Å². The molecule has 7 heteroatoms. The number of hydrogen-bond acceptors (Lipinski definition) is 5. The van der Waals surface area contributed by atoms with Crippen molar-refractivity contribution < 1.29 is 14.6 Å². The molecule has 0 saturated carbocycles. The van der Waals surface area contributed by atoms with E-state index < -0.39 is 5.56 Å². The van der Waals surface area contributed by atoms with Crippen LogP contribution in [0, 0.1) is 4.77 Å². The van der Waals surface area contributed by atoms with Crippen molar-refractivity contribution in [2.24, 2.45) is 0 Å². The van der Waals surface area contributed by atoms with Crippen molar-refractivity contribution in [1.29, 1.82) is 0 Å². The number of hydrogen-bond donors (Lipinski definition) is 2. The van der Waals surface area contributed by atoms with E-state index in [1.807, 2.05) is 43.3 Å². The Morgan fingerprint density at radius 1 is 1.03 bits per heavy atom. The van der Waals surface area contributed by atoms with Gasteiger partial charge >= 0.3 is 0 Å². The number of fused-ring (bicyclic) bond motifs is 1. The summed E-state index contributed by atoms with van der Waals surface area (Å²) in [5.41, 5.74) is 1.23. The zero-order chi connectivity index (χ0) is 22.0. The molecule has 0 aliphatic rings. The summed E-state index contributed by atoms with van der Waals surface area (Å²) in [6.45, 7) is 2.40. The van der Waals surface area contributed by atoms with Gasteiger partial charge in [-0.3, -0.25) is 14.3 Å². The maximum absolute atomic E-state index is 12.8. The second kappa shape index (κ2) is 8.65. The highest BCUT2D eigenvalue weighted by atomic mass is 32.1. The Hall–Kier alpha value is -3.58. The Morgan fingerprint density at radius 2 is 1.77 bits per heavy atom. The number of methoxy groups -OCH3 is 1. The van der Waals surface area contributed by atoms with Crippen molar-refractivity contribution in [3.8, 4) is 23.1 Å². The van der Waals surface area contributed by atoms with Crippen molar-refractivity contribution in [2.45, 2.75) is 13.3 Å². The first kappa shape index (κ1) is 20.7. The summed E-state index contributed by atoms with van der Waals surface area (Å²) in [5, 5.41) is 13.1. The molecule has 0 amide bonds. The van der Waals surface area contributed by atoms with Crippen LogP contribution in [-0.2, 0) is 6.42 Å². The van der Waals surface area contributed by atoms with E-state index in [-0.39, 0.29) is 22.6 Å². The molecule has 4 rings (SSSR count). The molecule has 158 valence electrons. The molecule has 0 radical (unpaired) electrons. The van der Waals surface area contributed by atoms with E-state index >= 15 is 0 Å². The Kier molecular flexibility index (Phi) is 5.77. The van der Waals surface area contributed by atoms with Crippen molar-refractivity contribution in [3.63, 3.8) is 0 Å². The van der Waals surface area contributed by atoms with Crippen molar-refractivity contribution >= 4 is 23.0 Å². The molecule has 1 aromatic heterocycles. The van der Waals surface area contributed by atoms with Gasteiger partial charge in [-0.1, -0.05) is 30.3 Å². The van der Waals surface area contributed by atoms with Gasteiger partial charge in [0, 0.05) is 12.0 Å². The lowest BCUT2D eigenvalue weighted by Gasteiger charge is -2.16. The number of nitrogens with one attached hydrogen (secondary N) is 1. The first-order valence-electron chi connectivity index (χ1n) is 9.88. The normalized spacial score (nSPS) is 10.9. The fourth-order valence-corrected chi connectivity index (χ4v) is 3.94. The summed E-state index contributed by atoms with van der Waals surface area (Å²) in [6.07, 6.45) is 0.184. The minimum absolute atomic E-state index is 0.111. The molecule has 0 spiro atoms. The van der Waals surface area contributed by atoms with Gasteiger partial charge < -0.3 is 14.6 Å². The second-order valence-corrected chi connectivity index (χ2v) is 7.35. The van der Waals surface area contributed by atoms with Crippen LogP contribution in [0.4, 0.5) is 0 Å². The largest absolute Gasteiger partial charge is 0.497 e. The Bertz CT molecular complexity index is 1360. The van der Waals surface area contributed by atoms with Crippen LogP contribution in [-0.4, -0.2) is 28.4 Å². The third kappa shape index (κ3) is 3.92. The molecular weight excluding hydrogens is 412 g/mol. The quantitative estimate of drug-likeness (QED) is 0.428. The molecule has 0 unspecified atom stereocenters. The number of rotatable bonds is 6. The molecule has 0 aliphatic carbocycles. The molecule has 0 aliphatic heterocycles. The third-order valence-corrected chi connectivity index (χ3v) is 5.45. The SMILES string of the molecule is CCOc1ccc2ccccc2c1Cc1c(O)n(-c2ccc(OC)cc2)c(=S)[nH]c1=O. The fraction of sp³-hybridized carbons (Fsp3) is 0.167. The predicted octanol–water partition coefficient (Wildman–Crippen LogP) is 4.75. The molecule has 0 bridgehead atoms. The van der Waals surface area contributed by atoms with Crippen LogP contribution in [0.1, 0.15) is 18.1 Å². The monoisotopic (exact) mass is 434 g/mol. The minimum Gasteiger partial charge on any atom is -0.497 e. The summed E-state index contributed by atoms with van der Waals surface area (Å²) in [5.74, 6) is 1.16. The van der Waals surface area contributed by atoms with Gasteiger partial charge in [0.05, 0.1) is 25.0 Å². The Labute approximate surface area is 184 Å². The topological polar surface area (TPSA) is 76.5 Å². The van der Waals surface area contributed by atoms with Crippen LogP contribution in [0.15, 0.2) is 65.5 Å². The zero-order valence-corrected chi connectivity index (χ0v) is 18.0. The molecule has 0 saturated heterocycles. The number of nitrogens with zero attached hydrogens (tertiary/aromatic N) is 1. The average molecular weight is 435 g/mol. The number of H-pyrrole nitrogens is 1. The molecular formula is C24H22N2O4S. The lowest BCUT2D eigenvalue weighted by atomic mass is 9.98. The summed E-state index contributed by atoms with van der Waals surface area (Å²) in [4.78, 5) is 15.5. The molecule has 0 atom stereocenters. The van der Waals surface area contributed by atoms with Crippen LogP contribution in [0.25, 0.3) is 16.5 Å². The van der Waals surface area contributed by atoms with Crippen LogP contribution >= 0.6 is 12.2 Å². The highest BCUT2D eigenvalue weighted by Gasteiger charge is 2.18. The Balaban J connectivity index is 1.89. The molecule has 1 heterocycles. The van der Waals surface area contributed by atoms with Gasteiger partial charge in [0.15, 0.2) is 4.77 Å². The van der Waals surface area contributed by atoms with E-state index in [1.165, 1.54) is 4.57 Å². The van der Waals surface area contributed by atoms with Crippen molar-refractivity contribution in [3.05, 3.63) is 86.9 Å². The van der Waals surface area contributed by atoms with Gasteiger partial charge in [0.2, 0.25) is 5.88 Å². The van der Waals surface area contributed by atoms with E-state index in [4.69, 9.17) is 21.7 Å². The summed E-state index contributed by atoms with van der Waals surface area (Å²) in [7, 11) is 1.58. The highest BCUT2D eigenvalue weighted by Crippen LogP contribution is 2.32. The maximum atomic E-state index is 12.8. The maximum Gasteiger partial charge on any atom is 0.259 e. The van der Waals surface area contributed by atoms with Gasteiger partial charge in [-0.2, -0.15) is 0 Å². The van der Waals surface area contributed by atoms with Crippen molar-refractivity contribution in [2.75, 3.05) is 13.7 Å². The fourth-order valence-electron chi connectivity index (χ4n) is 3.66. The first-order valence-corrected chi connectivity index (χ1v) is 10.3. The summed E-state index contributed by atoms with van der Waals surface area (Å²) < 4.78 is 12.6. The first-order chi connectivity index (χ1) is 15.0. The third-order valence-electron chi connectivity index (χ3n) is 5.16. The second-order valence-electron chi connectivity index (χ2n) is 6.97. The van der Waals surface area contributed by atoms with E-state index in [0.717, 1.165) is 16.3 Å². The summed E-state index contributed by atoms with van der Waals surface area (Å²) in [6, 6.07) is 18.8. The van der Waals surface area contributed by atoms with Gasteiger partial charge in [-0.05, 0) is 60.2 Å². The van der Waals surface area contributed by atoms with Gasteiger partial charge in [0.1, 0.15) is 11.5 Å². The van der Waals surface area contributed by atoms with Crippen LogP contribution in [0.2, 0.25) is 0 Å². The predicted molar refractivity (Wildman–Crippen MR) is 123 cm³/mol. The van der Waals surface area contributed by atoms with E-state index in [2.05, 4.69) is 4.98 Å². The molecule has 2 N–H and O–H groups in total. The van der Waals surface area contributed by atoms with Gasteiger partial charge in [0.25, 0.3) is 5.56 Å². The van der Waals surface area contributed by atoms with E-state index in [0.29, 0.717) is 23.8 Å². The number of ether oxygens (including phenoxy) is 2. The lowest BCUT2D eigenvalue weighted by molar-refractivity contribution is 0.337. The van der Waals surface area contributed by atoms with Crippen LogP contribution in [0.5, 0.6) is 17.4 Å². The lowest BCUT2D eigenvalue weighted by Crippen LogP contribution is -2.19. The highest BCUT2D eigenvalue weighted by molar-refractivity contribution is 7.71. The number of aromatic hydroxyl groups is 1. The smallest absolute Gasteiger partial charge is 0.259 e. The molecule has 4 aromatic rings. The molecule has 3 aromatic carbocycles. The van der Waals surface area contributed by atoms with Gasteiger partial charge in [-0.15, -0.1) is 0 Å². The van der Waals surface area contributed by atoms with Crippen LogP contribution in [0.3, 0.4) is 0 Å². The zero-order valence-electron chi connectivity index (χ0n) is 17.2. The number of benzene rings is 3. The van der Waals surface area contributed by atoms with E-state index in [9.17, 15) is 9.90 Å². The average Bonchev–Trinajstić information content (AvgIpc) is 2.78. The molecule has 6 nitrogen and oxygen atoms in total. The Morgan fingerprint density at radius 3 is 2.48 bits per heavy atom. The molecule has 31 heavy (non-hydrogen) atoms.